The van der Waals surface area contributed by atoms with Crippen LogP contribution in [0.25, 0.3) is 0 Å². The Kier molecular flexibility index (Phi) is 3.58. The van der Waals surface area contributed by atoms with Crippen molar-refractivity contribution in [1.29, 1.82) is 0 Å². The van der Waals surface area contributed by atoms with Gasteiger partial charge in [0.25, 0.3) is 0 Å². The molecule has 82 valence electrons. The van der Waals surface area contributed by atoms with Crippen LogP contribution in [0.5, 0.6) is 0 Å². The molecule has 3 nitrogen and oxygen atoms in total. The van der Waals surface area contributed by atoms with Crippen molar-refractivity contribution >= 4 is 45.9 Å². The number of halogens is 1. The Morgan fingerprint density at radius 3 is 3.13 bits per heavy atom. The van der Waals surface area contributed by atoms with Crippen LogP contribution >= 0.6 is 39.9 Å². The summed E-state index contributed by atoms with van der Waals surface area (Å²) in [5.41, 5.74) is 0. The largest absolute Gasteiger partial charge is 0.329 e. The summed E-state index contributed by atoms with van der Waals surface area (Å²) < 4.78 is 1.07. The van der Waals surface area contributed by atoms with Crippen LogP contribution in [0.2, 0.25) is 0 Å². The summed E-state index contributed by atoms with van der Waals surface area (Å²) in [6, 6.07) is 2.20. The van der Waals surface area contributed by atoms with Crippen LogP contribution in [0.1, 0.15) is 10.9 Å². The third-order valence-corrected chi connectivity index (χ3v) is 4.30. The van der Waals surface area contributed by atoms with Crippen LogP contribution in [-0.2, 0) is 0 Å². The number of hydrogen-bond donors (Lipinski definition) is 2. The molecule has 1 fully saturated rings. The first-order chi connectivity index (χ1) is 7.20. The number of thiol groups is 1. The SMILES string of the molecule is O=C1NC(c2cc(Br)cs2)CN1CCS. The first kappa shape index (κ1) is 11.3. The number of thiophene rings is 1. The summed E-state index contributed by atoms with van der Waals surface area (Å²) in [4.78, 5) is 14.5. The highest BCUT2D eigenvalue weighted by molar-refractivity contribution is 9.10. The van der Waals surface area contributed by atoms with Crippen molar-refractivity contribution in [2.45, 2.75) is 6.04 Å². The summed E-state index contributed by atoms with van der Waals surface area (Å²) in [5, 5.41) is 4.99. The quantitative estimate of drug-likeness (QED) is 0.826. The molecule has 0 aromatic carbocycles. The number of nitrogens with zero attached hydrogens (tertiary/aromatic N) is 1. The second-order valence-electron chi connectivity index (χ2n) is 3.34. The van der Waals surface area contributed by atoms with Gasteiger partial charge in [-0.1, -0.05) is 0 Å². The molecule has 1 unspecified atom stereocenters. The molecule has 1 aliphatic heterocycles. The van der Waals surface area contributed by atoms with E-state index < -0.39 is 0 Å². The maximum atomic E-state index is 11.5. The minimum Gasteiger partial charge on any atom is -0.329 e. The Hall–Kier alpha value is -0.200. The maximum Gasteiger partial charge on any atom is 0.318 e. The molecular formula is C9H11BrN2OS2. The van der Waals surface area contributed by atoms with E-state index in [0.29, 0.717) is 12.3 Å². The molecule has 1 N–H and O–H groups in total. The number of carbonyl (C=O) groups excluding carboxylic acids is 1. The Balaban J connectivity index is 2.05. The molecule has 1 atom stereocenters. The lowest BCUT2D eigenvalue weighted by molar-refractivity contribution is 0.220. The molecule has 1 aromatic heterocycles. The lowest BCUT2D eigenvalue weighted by Gasteiger charge is -2.11. The third kappa shape index (κ3) is 2.49. The van der Waals surface area contributed by atoms with Gasteiger partial charge in [-0.15, -0.1) is 11.3 Å². The van der Waals surface area contributed by atoms with Crippen molar-refractivity contribution in [1.82, 2.24) is 10.2 Å². The smallest absolute Gasteiger partial charge is 0.318 e. The van der Waals surface area contributed by atoms with E-state index in [-0.39, 0.29) is 12.1 Å². The van der Waals surface area contributed by atoms with Crippen LogP contribution in [0.4, 0.5) is 4.79 Å². The summed E-state index contributed by atoms with van der Waals surface area (Å²) in [7, 11) is 0. The minimum atomic E-state index is 0.0126. The van der Waals surface area contributed by atoms with Gasteiger partial charge in [0.15, 0.2) is 0 Å². The maximum absolute atomic E-state index is 11.5. The lowest BCUT2D eigenvalue weighted by Crippen LogP contribution is -2.29. The molecule has 0 radical (unpaired) electrons. The average molecular weight is 307 g/mol. The zero-order valence-electron chi connectivity index (χ0n) is 7.94. The van der Waals surface area contributed by atoms with E-state index >= 15 is 0 Å². The van der Waals surface area contributed by atoms with Crippen molar-refractivity contribution in [3.8, 4) is 0 Å². The van der Waals surface area contributed by atoms with Crippen molar-refractivity contribution in [3.63, 3.8) is 0 Å². The van der Waals surface area contributed by atoms with Gasteiger partial charge in [-0.3, -0.25) is 0 Å². The van der Waals surface area contributed by atoms with Crippen LogP contribution in [0, 0.1) is 0 Å². The van der Waals surface area contributed by atoms with Gasteiger partial charge in [-0.05, 0) is 22.0 Å². The van der Waals surface area contributed by atoms with E-state index in [1.807, 2.05) is 5.38 Å². The molecular weight excluding hydrogens is 296 g/mol. The normalized spacial score (nSPS) is 20.8. The molecule has 2 amide bonds. The fourth-order valence-corrected chi connectivity index (χ4v) is 3.30. The minimum absolute atomic E-state index is 0.0126. The molecule has 2 rings (SSSR count). The Morgan fingerprint density at radius 1 is 1.73 bits per heavy atom. The zero-order chi connectivity index (χ0) is 10.8. The Bertz CT molecular complexity index is 369. The van der Waals surface area contributed by atoms with Gasteiger partial charge >= 0.3 is 6.03 Å². The Labute approximate surface area is 106 Å². The highest BCUT2D eigenvalue weighted by Crippen LogP contribution is 2.28. The summed E-state index contributed by atoms with van der Waals surface area (Å²) in [6.07, 6.45) is 0. The monoisotopic (exact) mass is 306 g/mol. The first-order valence-corrected chi connectivity index (χ1v) is 6.91. The van der Waals surface area contributed by atoms with Crippen molar-refractivity contribution in [2.75, 3.05) is 18.8 Å². The molecule has 1 saturated heterocycles. The van der Waals surface area contributed by atoms with E-state index in [1.165, 1.54) is 4.88 Å². The Morgan fingerprint density at radius 2 is 2.53 bits per heavy atom. The second-order valence-corrected chi connectivity index (χ2v) is 5.64. The van der Waals surface area contributed by atoms with Crippen LogP contribution < -0.4 is 5.32 Å². The van der Waals surface area contributed by atoms with Crippen molar-refractivity contribution < 1.29 is 4.79 Å². The van der Waals surface area contributed by atoms with E-state index in [4.69, 9.17) is 0 Å². The van der Waals surface area contributed by atoms with E-state index in [2.05, 4.69) is 39.9 Å². The van der Waals surface area contributed by atoms with Gasteiger partial charge in [-0.2, -0.15) is 12.6 Å². The molecule has 1 aliphatic rings. The topological polar surface area (TPSA) is 32.3 Å². The lowest BCUT2D eigenvalue weighted by atomic mass is 10.2. The summed E-state index contributed by atoms with van der Waals surface area (Å²) >= 11 is 9.20. The second kappa shape index (κ2) is 4.76. The predicted molar refractivity (Wildman–Crippen MR) is 68.7 cm³/mol. The van der Waals surface area contributed by atoms with E-state index in [0.717, 1.165) is 11.0 Å². The number of amides is 2. The van der Waals surface area contributed by atoms with Gasteiger partial charge in [0.2, 0.25) is 0 Å². The van der Waals surface area contributed by atoms with E-state index in [1.54, 1.807) is 16.2 Å². The highest BCUT2D eigenvalue weighted by Gasteiger charge is 2.29. The molecule has 0 spiro atoms. The molecule has 2 heterocycles. The molecule has 6 heteroatoms. The summed E-state index contributed by atoms with van der Waals surface area (Å²) in [5.74, 6) is 0.703. The van der Waals surface area contributed by atoms with Crippen molar-refractivity contribution in [2.24, 2.45) is 0 Å². The number of nitrogens with one attached hydrogen (secondary N) is 1. The van der Waals surface area contributed by atoms with Crippen LogP contribution in [0.15, 0.2) is 15.9 Å². The van der Waals surface area contributed by atoms with Crippen LogP contribution in [-0.4, -0.2) is 29.8 Å². The van der Waals surface area contributed by atoms with Gasteiger partial charge < -0.3 is 10.2 Å². The molecule has 0 aliphatic carbocycles. The van der Waals surface area contributed by atoms with Gasteiger partial charge in [0.05, 0.1) is 6.04 Å². The van der Waals surface area contributed by atoms with E-state index in [9.17, 15) is 4.79 Å². The average Bonchev–Trinajstić information content (AvgIpc) is 2.75. The fourth-order valence-electron chi connectivity index (χ4n) is 1.57. The van der Waals surface area contributed by atoms with Gasteiger partial charge in [-0.25, -0.2) is 4.79 Å². The zero-order valence-corrected chi connectivity index (χ0v) is 11.2. The number of rotatable bonds is 3. The molecule has 1 aromatic rings. The number of urea groups is 1. The van der Waals surface area contributed by atoms with Crippen LogP contribution in [0.3, 0.4) is 0 Å². The fraction of sp³-hybridized carbons (Fsp3) is 0.444. The number of hydrogen-bond acceptors (Lipinski definition) is 3. The highest BCUT2D eigenvalue weighted by atomic mass is 79.9. The molecule has 0 bridgehead atoms. The van der Waals surface area contributed by atoms with Crippen molar-refractivity contribution in [3.05, 3.63) is 20.8 Å². The third-order valence-electron chi connectivity index (χ3n) is 2.29. The standard InChI is InChI=1S/C9H11BrN2OS2/c10-6-3-8(15-5-6)7-4-12(1-2-14)9(13)11-7/h3,5,7,14H,1-2,4H2,(H,11,13). The first-order valence-electron chi connectivity index (χ1n) is 4.61. The molecule has 15 heavy (non-hydrogen) atoms. The molecule has 0 saturated carbocycles. The predicted octanol–water partition coefficient (Wildman–Crippen LogP) is 2.51. The summed E-state index contributed by atoms with van der Waals surface area (Å²) in [6.45, 7) is 1.45. The van der Waals surface area contributed by atoms with Gasteiger partial charge in [0, 0.05) is 33.6 Å². The number of carbonyl (C=O) groups is 1. The van der Waals surface area contributed by atoms with Gasteiger partial charge in [0.1, 0.15) is 0 Å².